The molecule has 1 atom stereocenters. The van der Waals surface area contributed by atoms with E-state index in [4.69, 9.17) is 5.11 Å². The van der Waals surface area contributed by atoms with E-state index in [1.807, 2.05) is 0 Å². The second kappa shape index (κ2) is 8.23. The van der Waals surface area contributed by atoms with Crippen molar-refractivity contribution in [1.82, 2.24) is 9.97 Å². The second-order valence-electron chi connectivity index (χ2n) is 6.46. The molecule has 30 heavy (non-hydrogen) atoms. The minimum atomic E-state index is -1.20. The smallest absolute Gasteiger partial charge is 0.257 e. The molecule has 0 saturated carbocycles. The highest BCUT2D eigenvalue weighted by Crippen LogP contribution is 2.27. The average molecular weight is 427 g/mol. The predicted molar refractivity (Wildman–Crippen MR) is 109 cm³/mol. The summed E-state index contributed by atoms with van der Waals surface area (Å²) in [6, 6.07) is 11.5. The lowest BCUT2D eigenvalue weighted by atomic mass is 10.1. The van der Waals surface area contributed by atoms with Gasteiger partial charge in [0.05, 0.1) is 16.8 Å². The largest absolute Gasteiger partial charge is 0.393 e. The Morgan fingerprint density at radius 3 is 2.60 bits per heavy atom. The lowest BCUT2D eigenvalue weighted by Gasteiger charge is -2.09. The number of aromatic nitrogens is 2. The fraction of sp³-hybridized carbons (Fsp3) is 0.0952. The minimum absolute atomic E-state index is 0.0593. The van der Waals surface area contributed by atoms with Crippen molar-refractivity contribution in [2.24, 2.45) is 0 Å². The molecule has 0 fully saturated rings. The van der Waals surface area contributed by atoms with E-state index in [9.17, 15) is 18.7 Å². The molecule has 3 N–H and O–H groups in total. The van der Waals surface area contributed by atoms with Crippen LogP contribution in [0.3, 0.4) is 0 Å². The summed E-state index contributed by atoms with van der Waals surface area (Å²) in [6.45, 7) is -0.534. The number of carbonyl (C=O) groups excluding carboxylic acids is 1. The van der Waals surface area contributed by atoms with Crippen LogP contribution in [0.15, 0.2) is 54.7 Å². The summed E-state index contributed by atoms with van der Waals surface area (Å²) in [7, 11) is 0. The molecule has 0 radical (unpaired) electrons. The van der Waals surface area contributed by atoms with E-state index in [2.05, 4.69) is 15.3 Å². The summed E-state index contributed by atoms with van der Waals surface area (Å²) in [6.07, 6.45) is 0.0849. The first-order valence-corrected chi connectivity index (χ1v) is 9.68. The van der Waals surface area contributed by atoms with Crippen molar-refractivity contribution >= 4 is 32.6 Å². The Hall–Kier alpha value is -3.27. The molecule has 0 saturated heterocycles. The molecule has 1 amide bonds. The van der Waals surface area contributed by atoms with Gasteiger partial charge in [0.1, 0.15) is 23.4 Å². The van der Waals surface area contributed by atoms with Gasteiger partial charge in [-0.15, -0.1) is 0 Å². The predicted octanol–water partition coefficient (Wildman–Crippen LogP) is 3.91. The summed E-state index contributed by atoms with van der Waals surface area (Å²) in [4.78, 5) is 20.7. The second-order valence-corrected chi connectivity index (χ2v) is 7.49. The number of nitrogens with zero attached hydrogens (tertiary/aromatic N) is 2. The maximum Gasteiger partial charge on any atom is 0.257 e. The van der Waals surface area contributed by atoms with Gasteiger partial charge in [-0.2, -0.15) is 0 Å². The van der Waals surface area contributed by atoms with Crippen LogP contribution >= 0.6 is 11.3 Å². The number of anilines is 1. The van der Waals surface area contributed by atoms with Crippen LogP contribution in [-0.4, -0.2) is 32.7 Å². The topological polar surface area (TPSA) is 95.3 Å². The number of pyridine rings is 1. The molecular weight excluding hydrogens is 412 g/mol. The standard InChI is InChI=1S/C21H15F2N3O3S/c22-14-5-6-16-18(8-14)30-21(25-16)26-20(29)12-3-1-11(2-4-12)19-15(23)7-13(9-24-19)17(28)10-27/h1-9,17,27-28H,10H2,(H,25,26,29)/t17-/m1/s1. The lowest BCUT2D eigenvalue weighted by molar-refractivity contribution is 0.0951. The van der Waals surface area contributed by atoms with Crippen LogP contribution in [0.25, 0.3) is 21.5 Å². The Balaban J connectivity index is 1.52. The van der Waals surface area contributed by atoms with Crippen LogP contribution < -0.4 is 5.32 Å². The molecule has 0 spiro atoms. The van der Waals surface area contributed by atoms with E-state index in [1.54, 1.807) is 12.1 Å². The van der Waals surface area contributed by atoms with Crippen LogP contribution in [0.4, 0.5) is 13.9 Å². The van der Waals surface area contributed by atoms with Crippen LogP contribution in [0.2, 0.25) is 0 Å². The van der Waals surface area contributed by atoms with Gasteiger partial charge in [0.25, 0.3) is 5.91 Å². The molecule has 0 aliphatic heterocycles. The number of amides is 1. The van der Waals surface area contributed by atoms with Crippen molar-refractivity contribution in [1.29, 1.82) is 0 Å². The van der Waals surface area contributed by atoms with Gasteiger partial charge in [0.2, 0.25) is 0 Å². The van der Waals surface area contributed by atoms with Gasteiger partial charge in [0, 0.05) is 22.9 Å². The molecule has 4 aromatic rings. The molecule has 0 bridgehead atoms. The zero-order valence-corrected chi connectivity index (χ0v) is 16.2. The van der Waals surface area contributed by atoms with E-state index >= 15 is 0 Å². The van der Waals surface area contributed by atoms with Gasteiger partial charge in [-0.3, -0.25) is 15.1 Å². The van der Waals surface area contributed by atoms with E-state index in [0.29, 0.717) is 26.5 Å². The zero-order chi connectivity index (χ0) is 21.3. The normalized spacial score (nSPS) is 12.1. The van der Waals surface area contributed by atoms with E-state index in [0.717, 1.165) is 17.4 Å². The zero-order valence-electron chi connectivity index (χ0n) is 15.3. The molecule has 2 aromatic heterocycles. The molecule has 2 aromatic carbocycles. The van der Waals surface area contributed by atoms with Crippen molar-refractivity contribution in [3.63, 3.8) is 0 Å². The van der Waals surface area contributed by atoms with Crippen LogP contribution in [0.1, 0.15) is 22.0 Å². The van der Waals surface area contributed by atoms with Gasteiger partial charge in [-0.05, 0) is 36.4 Å². The fourth-order valence-electron chi connectivity index (χ4n) is 2.85. The van der Waals surface area contributed by atoms with E-state index < -0.39 is 24.4 Å². The Bertz CT molecular complexity index is 1230. The number of carbonyl (C=O) groups is 1. The molecule has 0 aliphatic carbocycles. The molecule has 2 heterocycles. The van der Waals surface area contributed by atoms with Gasteiger partial charge < -0.3 is 10.2 Å². The Morgan fingerprint density at radius 2 is 1.90 bits per heavy atom. The number of thiazole rings is 1. The van der Waals surface area contributed by atoms with E-state index in [1.165, 1.54) is 36.5 Å². The maximum absolute atomic E-state index is 14.3. The fourth-order valence-corrected chi connectivity index (χ4v) is 3.74. The number of aliphatic hydroxyl groups is 2. The molecular formula is C21H15F2N3O3S. The molecule has 0 aliphatic rings. The van der Waals surface area contributed by atoms with Gasteiger partial charge >= 0.3 is 0 Å². The highest BCUT2D eigenvalue weighted by Gasteiger charge is 2.14. The van der Waals surface area contributed by atoms with Crippen molar-refractivity contribution < 1.29 is 23.8 Å². The van der Waals surface area contributed by atoms with Crippen LogP contribution in [0, 0.1) is 11.6 Å². The Morgan fingerprint density at radius 1 is 1.13 bits per heavy atom. The summed E-state index contributed by atoms with van der Waals surface area (Å²) >= 11 is 1.16. The van der Waals surface area contributed by atoms with Crippen LogP contribution in [0.5, 0.6) is 0 Å². The Kier molecular flexibility index (Phi) is 5.49. The number of fused-ring (bicyclic) bond motifs is 1. The first-order valence-electron chi connectivity index (χ1n) is 8.87. The number of hydrogen-bond donors (Lipinski definition) is 3. The molecule has 0 unspecified atom stereocenters. The molecule has 9 heteroatoms. The van der Waals surface area contributed by atoms with Crippen molar-refractivity contribution in [2.45, 2.75) is 6.10 Å². The summed E-state index contributed by atoms with van der Waals surface area (Å²) < 4.78 is 28.3. The Labute approximate surface area is 173 Å². The minimum Gasteiger partial charge on any atom is -0.393 e. The summed E-state index contributed by atoms with van der Waals surface area (Å²) in [5.74, 6) is -1.44. The summed E-state index contributed by atoms with van der Waals surface area (Å²) in [5, 5.41) is 21.5. The maximum atomic E-state index is 14.3. The van der Waals surface area contributed by atoms with Crippen molar-refractivity contribution in [2.75, 3.05) is 11.9 Å². The summed E-state index contributed by atoms with van der Waals surface area (Å²) in [5.41, 5.74) is 1.60. The highest BCUT2D eigenvalue weighted by molar-refractivity contribution is 7.22. The SMILES string of the molecule is O=C(Nc1nc2ccc(F)cc2s1)c1ccc(-c2ncc([C@H](O)CO)cc2F)cc1. The molecule has 4 rings (SSSR count). The monoisotopic (exact) mass is 427 g/mol. The number of nitrogens with one attached hydrogen (secondary N) is 1. The van der Waals surface area contributed by atoms with E-state index in [-0.39, 0.29) is 17.1 Å². The van der Waals surface area contributed by atoms with Gasteiger partial charge in [-0.25, -0.2) is 13.8 Å². The number of benzene rings is 2. The third-order valence-corrected chi connectivity index (χ3v) is 5.35. The molecule has 6 nitrogen and oxygen atoms in total. The number of aliphatic hydroxyl groups excluding tert-OH is 2. The van der Waals surface area contributed by atoms with Gasteiger partial charge in [0.15, 0.2) is 5.13 Å². The number of rotatable bonds is 5. The van der Waals surface area contributed by atoms with Crippen LogP contribution in [-0.2, 0) is 0 Å². The highest BCUT2D eigenvalue weighted by atomic mass is 32.1. The third-order valence-electron chi connectivity index (χ3n) is 4.41. The first-order chi connectivity index (χ1) is 14.4. The number of halogens is 2. The quantitative estimate of drug-likeness (QED) is 0.449. The van der Waals surface area contributed by atoms with Crippen molar-refractivity contribution in [3.05, 3.63) is 77.5 Å². The first kappa shape index (κ1) is 20.0. The van der Waals surface area contributed by atoms with Gasteiger partial charge in [-0.1, -0.05) is 23.5 Å². The third kappa shape index (κ3) is 4.04. The number of hydrogen-bond acceptors (Lipinski definition) is 6. The molecule has 152 valence electrons. The average Bonchev–Trinajstić information content (AvgIpc) is 3.14. The lowest BCUT2D eigenvalue weighted by Crippen LogP contribution is -2.11. The van der Waals surface area contributed by atoms with Crippen molar-refractivity contribution in [3.8, 4) is 11.3 Å².